The Hall–Kier alpha value is -1.30. The monoisotopic (exact) mass is 335 g/mol. The Labute approximate surface area is 143 Å². The predicted molar refractivity (Wildman–Crippen MR) is 89.6 cm³/mol. The highest BCUT2D eigenvalue weighted by atomic mass is 16.4. The molecule has 2 amide bonds. The van der Waals surface area contributed by atoms with Crippen molar-refractivity contribution in [1.82, 2.24) is 14.7 Å². The number of piperidine rings is 1. The first kappa shape index (κ1) is 16.2. The van der Waals surface area contributed by atoms with Gasteiger partial charge in [0.25, 0.3) is 0 Å². The fourth-order valence-electron chi connectivity index (χ4n) is 5.64. The van der Waals surface area contributed by atoms with Crippen molar-refractivity contribution >= 4 is 12.0 Å². The first-order valence-electron chi connectivity index (χ1n) is 9.48. The Morgan fingerprint density at radius 1 is 1.17 bits per heavy atom. The summed E-state index contributed by atoms with van der Waals surface area (Å²) in [4.78, 5) is 29.6. The topological polar surface area (TPSA) is 64.1 Å². The molecular formula is C18H29N3O3. The summed E-state index contributed by atoms with van der Waals surface area (Å²) in [7, 11) is 0. The molecule has 24 heavy (non-hydrogen) atoms. The molecule has 2 heterocycles. The summed E-state index contributed by atoms with van der Waals surface area (Å²) in [5.74, 6) is 1.80. The number of nitrogens with zero attached hydrogens (tertiary/aromatic N) is 3. The van der Waals surface area contributed by atoms with Crippen molar-refractivity contribution in [3.05, 3.63) is 0 Å². The lowest BCUT2D eigenvalue weighted by molar-refractivity contribution is -0.133. The molecule has 4 fully saturated rings. The molecule has 4 aliphatic rings. The summed E-state index contributed by atoms with van der Waals surface area (Å²) in [6.07, 6.45) is 2.73. The smallest absolute Gasteiger partial charge is 0.407 e. The van der Waals surface area contributed by atoms with Gasteiger partial charge in [-0.25, -0.2) is 4.79 Å². The molecule has 6 nitrogen and oxygen atoms in total. The van der Waals surface area contributed by atoms with Gasteiger partial charge in [0.15, 0.2) is 0 Å². The van der Waals surface area contributed by atoms with E-state index in [1.54, 1.807) is 4.90 Å². The third-order valence-corrected chi connectivity index (χ3v) is 7.10. The standard InChI is InChI=1S/C18H29N3O3/c1-3-19(4-2)16(22)15-13-8-20(9-14(13)15)12-5-6-18(7-12)10-21(11-18)17(23)24/h12-15H,3-11H2,1-2H3,(H,23,24)/t12?,13-,14+,15-. The maximum absolute atomic E-state index is 12.5. The van der Waals surface area contributed by atoms with E-state index in [1.165, 1.54) is 6.42 Å². The Bertz CT molecular complexity index is 530. The molecule has 0 aromatic rings. The van der Waals surface area contributed by atoms with Gasteiger partial charge >= 0.3 is 6.09 Å². The van der Waals surface area contributed by atoms with Crippen LogP contribution < -0.4 is 0 Å². The number of rotatable bonds is 4. The first-order chi connectivity index (χ1) is 11.5. The molecule has 0 radical (unpaired) electrons. The maximum Gasteiger partial charge on any atom is 0.407 e. The molecule has 0 aromatic carbocycles. The second-order valence-corrected chi connectivity index (χ2v) is 8.35. The molecule has 2 saturated carbocycles. The van der Waals surface area contributed by atoms with Crippen molar-refractivity contribution in [1.29, 1.82) is 0 Å². The van der Waals surface area contributed by atoms with Crippen molar-refractivity contribution in [3.63, 3.8) is 0 Å². The van der Waals surface area contributed by atoms with E-state index in [4.69, 9.17) is 5.11 Å². The van der Waals surface area contributed by atoms with Gasteiger partial charge in [-0.15, -0.1) is 0 Å². The number of hydrogen-bond donors (Lipinski definition) is 1. The molecule has 2 saturated heterocycles. The molecular weight excluding hydrogens is 306 g/mol. The average molecular weight is 335 g/mol. The van der Waals surface area contributed by atoms with E-state index in [1.807, 2.05) is 4.90 Å². The Morgan fingerprint density at radius 3 is 2.33 bits per heavy atom. The lowest BCUT2D eigenvalue weighted by atomic mass is 9.78. The fraction of sp³-hybridized carbons (Fsp3) is 0.889. The lowest BCUT2D eigenvalue weighted by Crippen LogP contribution is -2.57. The van der Waals surface area contributed by atoms with Crippen molar-refractivity contribution in [2.75, 3.05) is 39.3 Å². The van der Waals surface area contributed by atoms with E-state index in [0.717, 1.165) is 52.1 Å². The van der Waals surface area contributed by atoms with Crippen LogP contribution >= 0.6 is 0 Å². The van der Waals surface area contributed by atoms with Gasteiger partial charge in [0.1, 0.15) is 0 Å². The molecule has 134 valence electrons. The second-order valence-electron chi connectivity index (χ2n) is 8.35. The van der Waals surface area contributed by atoms with Gasteiger partial charge in [-0.2, -0.15) is 0 Å². The third-order valence-electron chi connectivity index (χ3n) is 7.10. The van der Waals surface area contributed by atoms with E-state index in [9.17, 15) is 9.59 Å². The van der Waals surface area contributed by atoms with Crippen LogP contribution in [-0.2, 0) is 4.79 Å². The SMILES string of the molecule is CCN(CC)C(=O)[C@@H]1[C@@H]2CN(C3CCC4(C3)CN(C(=O)O)C4)C[C@@H]21. The van der Waals surface area contributed by atoms with Gasteiger partial charge in [-0.1, -0.05) is 0 Å². The average Bonchev–Trinajstić information content (AvgIpc) is 2.92. The van der Waals surface area contributed by atoms with E-state index in [2.05, 4.69) is 18.7 Å². The number of likely N-dealkylation sites (tertiary alicyclic amines) is 2. The van der Waals surface area contributed by atoms with E-state index in [0.29, 0.717) is 23.8 Å². The second kappa shape index (κ2) is 5.61. The summed E-state index contributed by atoms with van der Waals surface area (Å²) in [6.45, 7) is 9.36. The number of carbonyl (C=O) groups is 2. The summed E-state index contributed by atoms with van der Waals surface area (Å²) in [5.41, 5.74) is 0.256. The van der Waals surface area contributed by atoms with Gasteiger partial charge in [0.2, 0.25) is 5.91 Å². The molecule has 1 N–H and O–H groups in total. The molecule has 4 rings (SSSR count). The predicted octanol–water partition coefficient (Wildman–Crippen LogP) is 1.57. The molecule has 2 aliphatic carbocycles. The quantitative estimate of drug-likeness (QED) is 0.847. The van der Waals surface area contributed by atoms with Crippen molar-refractivity contribution in [2.45, 2.75) is 39.2 Å². The largest absolute Gasteiger partial charge is 0.465 e. The molecule has 4 atom stereocenters. The van der Waals surface area contributed by atoms with Gasteiger partial charge in [-0.3, -0.25) is 9.69 Å². The number of amides is 2. The van der Waals surface area contributed by atoms with Crippen LogP contribution in [0.1, 0.15) is 33.1 Å². The van der Waals surface area contributed by atoms with Crippen LogP contribution in [0.5, 0.6) is 0 Å². The maximum atomic E-state index is 12.5. The van der Waals surface area contributed by atoms with Crippen molar-refractivity contribution in [2.24, 2.45) is 23.2 Å². The van der Waals surface area contributed by atoms with Crippen LogP contribution in [0.3, 0.4) is 0 Å². The normalized spacial score (nSPS) is 36.5. The first-order valence-corrected chi connectivity index (χ1v) is 9.48. The Morgan fingerprint density at radius 2 is 1.79 bits per heavy atom. The summed E-state index contributed by atoms with van der Waals surface area (Å²) >= 11 is 0. The van der Waals surface area contributed by atoms with Crippen LogP contribution in [0.4, 0.5) is 4.79 Å². The van der Waals surface area contributed by atoms with Crippen LogP contribution in [0.25, 0.3) is 0 Å². The van der Waals surface area contributed by atoms with E-state index >= 15 is 0 Å². The molecule has 1 unspecified atom stereocenters. The minimum atomic E-state index is -0.774. The fourth-order valence-corrected chi connectivity index (χ4v) is 5.64. The van der Waals surface area contributed by atoms with Crippen LogP contribution in [0.15, 0.2) is 0 Å². The summed E-state index contributed by atoms with van der Waals surface area (Å²) in [6, 6.07) is 0.609. The van der Waals surface area contributed by atoms with Gasteiger partial charge in [0.05, 0.1) is 0 Å². The molecule has 0 aromatic heterocycles. The minimum Gasteiger partial charge on any atom is -0.465 e. The van der Waals surface area contributed by atoms with Crippen molar-refractivity contribution < 1.29 is 14.7 Å². The number of carbonyl (C=O) groups excluding carboxylic acids is 1. The highest BCUT2D eigenvalue weighted by Gasteiger charge is 2.62. The van der Waals surface area contributed by atoms with Crippen LogP contribution in [-0.4, -0.2) is 77.1 Å². The Kier molecular flexibility index (Phi) is 3.79. The van der Waals surface area contributed by atoms with E-state index < -0.39 is 6.09 Å². The van der Waals surface area contributed by atoms with E-state index in [-0.39, 0.29) is 11.3 Å². The molecule has 6 heteroatoms. The summed E-state index contributed by atoms with van der Waals surface area (Å²) < 4.78 is 0. The van der Waals surface area contributed by atoms with Gasteiger partial charge < -0.3 is 14.9 Å². The third kappa shape index (κ3) is 2.41. The Balaban J connectivity index is 1.27. The highest BCUT2D eigenvalue weighted by molar-refractivity contribution is 5.82. The highest BCUT2D eigenvalue weighted by Crippen LogP contribution is 2.55. The zero-order chi connectivity index (χ0) is 17.1. The number of carboxylic acid groups (broad SMARTS) is 1. The number of fused-ring (bicyclic) bond motifs is 1. The lowest BCUT2D eigenvalue weighted by Gasteiger charge is -2.47. The van der Waals surface area contributed by atoms with Crippen LogP contribution in [0, 0.1) is 23.2 Å². The summed E-state index contributed by atoms with van der Waals surface area (Å²) in [5, 5.41) is 9.04. The zero-order valence-electron chi connectivity index (χ0n) is 14.8. The number of hydrogen-bond acceptors (Lipinski definition) is 3. The minimum absolute atomic E-state index is 0.256. The van der Waals surface area contributed by atoms with Crippen molar-refractivity contribution in [3.8, 4) is 0 Å². The van der Waals surface area contributed by atoms with Crippen LogP contribution in [0.2, 0.25) is 0 Å². The van der Waals surface area contributed by atoms with Gasteiger partial charge in [0, 0.05) is 56.6 Å². The molecule has 0 bridgehead atoms. The zero-order valence-corrected chi connectivity index (χ0v) is 14.8. The molecule has 2 aliphatic heterocycles. The van der Waals surface area contributed by atoms with Gasteiger partial charge in [-0.05, 0) is 44.9 Å². The molecule has 1 spiro atoms.